The number of methoxy groups -OCH3 is 1. The molecule has 1 aromatic carbocycles. The summed E-state index contributed by atoms with van der Waals surface area (Å²) in [5.41, 5.74) is 9.23. The molecule has 100 valence electrons. The zero-order chi connectivity index (χ0) is 13.8. The van der Waals surface area contributed by atoms with Gasteiger partial charge in [0, 0.05) is 11.2 Å². The third-order valence-electron chi connectivity index (χ3n) is 3.08. The lowest BCUT2D eigenvalue weighted by molar-refractivity contribution is 0.408. The molecule has 0 fully saturated rings. The van der Waals surface area contributed by atoms with Crippen LogP contribution in [0.4, 0.5) is 0 Å². The second-order valence-corrected chi connectivity index (χ2v) is 4.91. The summed E-state index contributed by atoms with van der Waals surface area (Å²) in [5, 5.41) is 0.681. The summed E-state index contributed by atoms with van der Waals surface area (Å²) in [7, 11) is 1.64. The summed E-state index contributed by atoms with van der Waals surface area (Å²) in [6, 6.07) is 9.30. The number of nitrogens with zero attached hydrogens (tertiary/aromatic N) is 1. The first-order valence-corrected chi connectivity index (χ1v) is 6.49. The topological polar surface area (TPSA) is 48.1 Å². The van der Waals surface area contributed by atoms with Crippen LogP contribution in [0.3, 0.4) is 0 Å². The Hall–Kier alpha value is -1.58. The lowest BCUT2D eigenvalue weighted by atomic mass is 10.00. The number of hydrogen-bond acceptors (Lipinski definition) is 3. The molecular formula is C15H17ClN2O. The van der Waals surface area contributed by atoms with Gasteiger partial charge < -0.3 is 10.5 Å². The monoisotopic (exact) mass is 276 g/mol. The minimum absolute atomic E-state index is 0.173. The van der Waals surface area contributed by atoms with Crippen LogP contribution in [0, 0.1) is 6.92 Å². The molecule has 0 aliphatic rings. The highest BCUT2D eigenvalue weighted by Gasteiger charge is 2.14. The van der Waals surface area contributed by atoms with E-state index in [1.807, 2.05) is 31.2 Å². The number of aryl methyl sites for hydroxylation is 1. The molecule has 4 heteroatoms. The van der Waals surface area contributed by atoms with Gasteiger partial charge in [0.2, 0.25) is 0 Å². The first-order valence-electron chi connectivity index (χ1n) is 6.11. The Bertz CT molecular complexity index is 572. The van der Waals surface area contributed by atoms with Gasteiger partial charge >= 0.3 is 0 Å². The van der Waals surface area contributed by atoms with Crippen LogP contribution in [0.2, 0.25) is 5.02 Å². The summed E-state index contributed by atoms with van der Waals surface area (Å²) >= 11 is 6.02. The van der Waals surface area contributed by atoms with Crippen molar-refractivity contribution in [2.24, 2.45) is 5.73 Å². The molecule has 3 nitrogen and oxygen atoms in total. The molecule has 1 heterocycles. The minimum Gasteiger partial charge on any atom is -0.496 e. The van der Waals surface area contributed by atoms with Gasteiger partial charge in [-0.1, -0.05) is 17.7 Å². The van der Waals surface area contributed by atoms with Crippen LogP contribution in [-0.4, -0.2) is 12.1 Å². The van der Waals surface area contributed by atoms with Crippen molar-refractivity contribution >= 4 is 11.6 Å². The summed E-state index contributed by atoms with van der Waals surface area (Å²) in [4.78, 5) is 4.35. The number of nitrogens with two attached hydrogens (primary N) is 1. The first-order chi connectivity index (χ1) is 9.11. The number of hydrogen-bond donors (Lipinski definition) is 1. The average molecular weight is 277 g/mol. The lowest BCUT2D eigenvalue weighted by Crippen LogP contribution is -2.16. The first kappa shape index (κ1) is 13.8. The maximum Gasteiger partial charge on any atom is 0.122 e. The van der Waals surface area contributed by atoms with Crippen molar-refractivity contribution in [3.63, 3.8) is 0 Å². The maximum absolute atomic E-state index is 6.24. The highest BCUT2D eigenvalue weighted by molar-refractivity contribution is 6.30. The number of pyridine rings is 1. The van der Waals surface area contributed by atoms with E-state index in [1.165, 1.54) is 0 Å². The summed E-state index contributed by atoms with van der Waals surface area (Å²) in [5.74, 6) is 0.799. The minimum atomic E-state index is -0.173. The molecule has 0 aliphatic carbocycles. The highest BCUT2D eigenvalue weighted by Crippen LogP contribution is 2.27. The van der Waals surface area contributed by atoms with Crippen molar-refractivity contribution in [3.8, 4) is 5.75 Å². The van der Waals surface area contributed by atoms with Crippen LogP contribution in [0.5, 0.6) is 5.75 Å². The zero-order valence-corrected chi connectivity index (χ0v) is 11.8. The summed E-state index contributed by atoms with van der Waals surface area (Å²) in [6.07, 6.45) is 2.40. The van der Waals surface area contributed by atoms with Crippen molar-refractivity contribution in [2.75, 3.05) is 7.11 Å². The van der Waals surface area contributed by atoms with Crippen LogP contribution in [0.25, 0.3) is 0 Å². The average Bonchev–Trinajstić information content (AvgIpc) is 2.39. The third kappa shape index (κ3) is 3.25. The van der Waals surface area contributed by atoms with E-state index in [2.05, 4.69) is 4.98 Å². The fourth-order valence-electron chi connectivity index (χ4n) is 2.13. The number of halogens is 1. The molecule has 2 aromatic rings. The van der Waals surface area contributed by atoms with Crippen LogP contribution >= 0.6 is 11.6 Å². The van der Waals surface area contributed by atoms with Crippen molar-refractivity contribution in [1.82, 2.24) is 4.98 Å². The van der Waals surface area contributed by atoms with Gasteiger partial charge in [0.05, 0.1) is 18.8 Å². The highest BCUT2D eigenvalue weighted by atomic mass is 35.5. The molecule has 19 heavy (non-hydrogen) atoms. The zero-order valence-electron chi connectivity index (χ0n) is 11.1. The molecule has 1 unspecified atom stereocenters. The number of rotatable bonds is 4. The van der Waals surface area contributed by atoms with Gasteiger partial charge in [-0.15, -0.1) is 0 Å². The van der Waals surface area contributed by atoms with Gasteiger partial charge in [0.15, 0.2) is 0 Å². The van der Waals surface area contributed by atoms with Gasteiger partial charge in [-0.3, -0.25) is 4.98 Å². The van der Waals surface area contributed by atoms with E-state index in [-0.39, 0.29) is 6.04 Å². The molecule has 0 aliphatic heterocycles. The van der Waals surface area contributed by atoms with Crippen molar-refractivity contribution < 1.29 is 4.74 Å². The maximum atomic E-state index is 6.24. The molecule has 0 amide bonds. The molecular weight excluding hydrogens is 260 g/mol. The predicted octanol–water partition coefficient (Wildman–Crippen LogP) is 3.29. The summed E-state index contributed by atoms with van der Waals surface area (Å²) < 4.78 is 5.33. The molecule has 2 N–H and O–H groups in total. The van der Waals surface area contributed by atoms with Gasteiger partial charge in [-0.05, 0) is 48.7 Å². The molecule has 2 rings (SSSR count). The SMILES string of the molecule is COc1ccc(Cl)cc1CC(N)c1ncccc1C. The molecule has 0 bridgehead atoms. The van der Waals surface area contributed by atoms with Crippen molar-refractivity contribution in [1.29, 1.82) is 0 Å². The van der Waals surface area contributed by atoms with E-state index in [4.69, 9.17) is 22.1 Å². The number of ether oxygens (including phenoxy) is 1. The summed E-state index contributed by atoms with van der Waals surface area (Å²) in [6.45, 7) is 2.01. The van der Waals surface area contributed by atoms with Gasteiger partial charge in [0.1, 0.15) is 5.75 Å². The molecule has 1 atom stereocenters. The van der Waals surface area contributed by atoms with Gasteiger partial charge in [-0.2, -0.15) is 0 Å². The van der Waals surface area contributed by atoms with Gasteiger partial charge in [0.25, 0.3) is 0 Å². The van der Waals surface area contributed by atoms with Crippen molar-refractivity contribution in [3.05, 3.63) is 58.4 Å². The second kappa shape index (κ2) is 6.04. The second-order valence-electron chi connectivity index (χ2n) is 4.47. The van der Waals surface area contributed by atoms with Gasteiger partial charge in [-0.25, -0.2) is 0 Å². The van der Waals surface area contributed by atoms with E-state index >= 15 is 0 Å². The lowest BCUT2D eigenvalue weighted by Gasteiger charge is -2.15. The van der Waals surface area contributed by atoms with E-state index < -0.39 is 0 Å². The van der Waals surface area contributed by atoms with E-state index in [0.717, 1.165) is 22.6 Å². The molecule has 0 saturated carbocycles. The largest absolute Gasteiger partial charge is 0.496 e. The van der Waals surface area contributed by atoms with Crippen LogP contribution in [0.15, 0.2) is 36.5 Å². The van der Waals surface area contributed by atoms with E-state index in [0.29, 0.717) is 11.4 Å². The van der Waals surface area contributed by atoms with Crippen LogP contribution < -0.4 is 10.5 Å². The van der Waals surface area contributed by atoms with E-state index in [1.54, 1.807) is 19.4 Å². The number of benzene rings is 1. The predicted molar refractivity (Wildman–Crippen MR) is 77.6 cm³/mol. The molecule has 0 radical (unpaired) electrons. The third-order valence-corrected chi connectivity index (χ3v) is 3.32. The Morgan fingerprint density at radius 2 is 2.16 bits per heavy atom. The van der Waals surface area contributed by atoms with Crippen LogP contribution in [-0.2, 0) is 6.42 Å². The molecule has 1 aromatic heterocycles. The van der Waals surface area contributed by atoms with E-state index in [9.17, 15) is 0 Å². The Labute approximate surface area is 118 Å². The quantitative estimate of drug-likeness (QED) is 0.932. The van der Waals surface area contributed by atoms with Crippen molar-refractivity contribution in [2.45, 2.75) is 19.4 Å². The molecule has 0 saturated heterocycles. The Morgan fingerprint density at radius 3 is 2.84 bits per heavy atom. The normalized spacial score (nSPS) is 12.2. The number of aromatic nitrogens is 1. The fourth-order valence-corrected chi connectivity index (χ4v) is 2.32. The smallest absolute Gasteiger partial charge is 0.122 e. The Kier molecular flexibility index (Phi) is 4.40. The van der Waals surface area contributed by atoms with Crippen LogP contribution in [0.1, 0.15) is 22.9 Å². The standard InChI is InChI=1S/C15H17ClN2O/c1-10-4-3-7-18-15(10)13(17)9-11-8-12(16)5-6-14(11)19-2/h3-8,13H,9,17H2,1-2H3. The Morgan fingerprint density at radius 1 is 1.37 bits per heavy atom. The fraction of sp³-hybridized carbons (Fsp3) is 0.267. The Balaban J connectivity index is 2.26. The molecule has 0 spiro atoms.